The van der Waals surface area contributed by atoms with Crippen molar-refractivity contribution in [2.45, 2.75) is 20.4 Å². The van der Waals surface area contributed by atoms with Gasteiger partial charge in [0, 0.05) is 6.54 Å². The Hall–Kier alpha value is -2.80. The molecular formula is C21H24N2O4S. The minimum absolute atomic E-state index is 0.0376. The lowest BCUT2D eigenvalue weighted by atomic mass is 10.1. The number of hydrogen-bond acceptors (Lipinski definition) is 5. The third-order valence-corrected chi connectivity index (χ3v) is 5.17. The van der Waals surface area contributed by atoms with Crippen LogP contribution in [0.1, 0.15) is 16.7 Å². The summed E-state index contributed by atoms with van der Waals surface area (Å²) in [6, 6.07) is 9.72. The standard InChI is InChI=1S/C21H24N2O4S/c1-13-6-7-16(14(2)8-13)23-19(24)12-22(21(23)28)11-15-9-17(25-3)20(27-5)18(10-15)26-4/h6-10H,11-12H2,1-5H3. The number of ether oxygens (including phenoxy) is 3. The molecule has 1 saturated heterocycles. The summed E-state index contributed by atoms with van der Waals surface area (Å²) in [6.07, 6.45) is 0. The fraction of sp³-hybridized carbons (Fsp3) is 0.333. The van der Waals surface area contributed by atoms with Gasteiger partial charge in [0.15, 0.2) is 16.6 Å². The van der Waals surface area contributed by atoms with E-state index in [1.807, 2.05) is 49.1 Å². The second-order valence-electron chi connectivity index (χ2n) is 6.69. The molecule has 0 bridgehead atoms. The molecule has 28 heavy (non-hydrogen) atoms. The summed E-state index contributed by atoms with van der Waals surface area (Å²) in [7, 11) is 4.72. The third-order valence-electron chi connectivity index (χ3n) is 4.73. The van der Waals surface area contributed by atoms with Gasteiger partial charge in [-0.15, -0.1) is 0 Å². The molecule has 0 saturated carbocycles. The van der Waals surface area contributed by atoms with Crippen molar-refractivity contribution in [2.24, 2.45) is 0 Å². The lowest BCUT2D eigenvalue weighted by Crippen LogP contribution is -2.33. The van der Waals surface area contributed by atoms with Crippen LogP contribution in [0.5, 0.6) is 17.2 Å². The number of hydrogen-bond donors (Lipinski definition) is 0. The van der Waals surface area contributed by atoms with E-state index in [1.54, 1.807) is 26.2 Å². The van der Waals surface area contributed by atoms with Gasteiger partial charge in [-0.25, -0.2) is 0 Å². The zero-order valence-corrected chi connectivity index (χ0v) is 17.6. The molecule has 2 aromatic carbocycles. The van der Waals surface area contributed by atoms with Crippen LogP contribution < -0.4 is 19.1 Å². The van der Waals surface area contributed by atoms with Crippen LogP contribution in [0.4, 0.5) is 5.69 Å². The molecule has 6 nitrogen and oxygen atoms in total. The van der Waals surface area contributed by atoms with Crippen LogP contribution in [-0.4, -0.2) is 43.8 Å². The van der Waals surface area contributed by atoms with Crippen molar-refractivity contribution in [2.75, 3.05) is 32.8 Å². The molecule has 0 unspecified atom stereocenters. The first-order valence-electron chi connectivity index (χ1n) is 8.87. The van der Waals surface area contributed by atoms with Crippen LogP contribution in [0, 0.1) is 13.8 Å². The SMILES string of the molecule is COc1cc(CN2CC(=O)N(c3ccc(C)cc3C)C2=S)cc(OC)c1OC. The number of aryl methyl sites for hydroxylation is 2. The highest BCUT2D eigenvalue weighted by atomic mass is 32.1. The Labute approximate surface area is 170 Å². The maximum Gasteiger partial charge on any atom is 0.252 e. The summed E-state index contributed by atoms with van der Waals surface area (Å²) in [5, 5.41) is 0.491. The molecule has 1 aliphatic rings. The predicted molar refractivity (Wildman–Crippen MR) is 113 cm³/mol. The lowest BCUT2D eigenvalue weighted by Gasteiger charge is -2.22. The Morgan fingerprint density at radius 1 is 1.00 bits per heavy atom. The monoisotopic (exact) mass is 400 g/mol. The average molecular weight is 401 g/mol. The number of anilines is 1. The lowest BCUT2D eigenvalue weighted by molar-refractivity contribution is -0.116. The van der Waals surface area contributed by atoms with Gasteiger partial charge in [0.2, 0.25) is 5.75 Å². The molecule has 0 aromatic heterocycles. The smallest absolute Gasteiger partial charge is 0.252 e. The van der Waals surface area contributed by atoms with Gasteiger partial charge in [0.1, 0.15) is 6.54 Å². The molecule has 148 valence electrons. The fourth-order valence-electron chi connectivity index (χ4n) is 3.41. The molecule has 0 N–H and O–H groups in total. The van der Waals surface area contributed by atoms with E-state index in [0.717, 1.165) is 22.4 Å². The summed E-state index contributed by atoms with van der Waals surface area (Å²) in [5.41, 5.74) is 3.90. The number of rotatable bonds is 6. The van der Waals surface area contributed by atoms with Gasteiger partial charge >= 0.3 is 0 Å². The second-order valence-corrected chi connectivity index (χ2v) is 7.06. The summed E-state index contributed by atoms with van der Waals surface area (Å²) in [5.74, 6) is 1.63. The van der Waals surface area contributed by atoms with E-state index in [9.17, 15) is 4.79 Å². The number of thiocarbonyl (C=S) groups is 1. The molecule has 3 rings (SSSR count). The Morgan fingerprint density at radius 3 is 2.18 bits per heavy atom. The van der Waals surface area contributed by atoms with Crippen LogP contribution in [0.2, 0.25) is 0 Å². The van der Waals surface area contributed by atoms with Gasteiger partial charge in [-0.1, -0.05) is 17.7 Å². The van der Waals surface area contributed by atoms with E-state index in [0.29, 0.717) is 28.9 Å². The quantitative estimate of drug-likeness (QED) is 0.692. The second kappa shape index (κ2) is 8.06. The zero-order valence-electron chi connectivity index (χ0n) is 16.7. The minimum atomic E-state index is -0.0376. The first-order valence-corrected chi connectivity index (χ1v) is 9.28. The van der Waals surface area contributed by atoms with E-state index in [1.165, 1.54) is 0 Å². The molecule has 1 aliphatic heterocycles. The number of benzene rings is 2. The Kier molecular flexibility index (Phi) is 5.74. The van der Waals surface area contributed by atoms with Crippen LogP contribution in [0.15, 0.2) is 30.3 Å². The van der Waals surface area contributed by atoms with Crippen molar-refractivity contribution >= 4 is 28.9 Å². The topological polar surface area (TPSA) is 51.2 Å². The van der Waals surface area contributed by atoms with Gasteiger partial charge in [0.05, 0.1) is 27.0 Å². The Bertz CT molecular complexity index is 904. The first-order chi connectivity index (χ1) is 13.4. The van der Waals surface area contributed by atoms with Gasteiger partial charge in [-0.3, -0.25) is 9.69 Å². The van der Waals surface area contributed by atoms with Crippen LogP contribution in [0.25, 0.3) is 0 Å². The van der Waals surface area contributed by atoms with Crippen molar-refractivity contribution in [3.63, 3.8) is 0 Å². The van der Waals surface area contributed by atoms with Crippen molar-refractivity contribution in [3.05, 3.63) is 47.0 Å². The molecule has 1 amide bonds. The van der Waals surface area contributed by atoms with E-state index in [2.05, 4.69) is 0 Å². The van der Waals surface area contributed by atoms with Gasteiger partial charge < -0.3 is 19.1 Å². The van der Waals surface area contributed by atoms with Gasteiger partial charge in [-0.05, 0) is 55.4 Å². The molecule has 1 fully saturated rings. The minimum Gasteiger partial charge on any atom is -0.493 e. The highest BCUT2D eigenvalue weighted by Gasteiger charge is 2.34. The first kappa shape index (κ1) is 19.9. The molecule has 7 heteroatoms. The fourth-order valence-corrected chi connectivity index (χ4v) is 3.74. The van der Waals surface area contributed by atoms with E-state index < -0.39 is 0 Å². The number of methoxy groups -OCH3 is 3. The number of nitrogens with zero attached hydrogens (tertiary/aromatic N) is 2. The molecular weight excluding hydrogens is 376 g/mol. The van der Waals surface area contributed by atoms with Crippen LogP contribution in [0.3, 0.4) is 0 Å². The largest absolute Gasteiger partial charge is 0.493 e. The van der Waals surface area contributed by atoms with Crippen molar-refractivity contribution in [1.29, 1.82) is 0 Å². The molecule has 2 aromatic rings. The number of carbonyl (C=O) groups excluding carboxylic acids is 1. The van der Waals surface area contributed by atoms with Crippen LogP contribution >= 0.6 is 12.2 Å². The number of amides is 1. The average Bonchev–Trinajstić information content (AvgIpc) is 2.94. The summed E-state index contributed by atoms with van der Waals surface area (Å²) < 4.78 is 16.2. The Morgan fingerprint density at radius 2 is 1.64 bits per heavy atom. The highest BCUT2D eigenvalue weighted by molar-refractivity contribution is 7.80. The van der Waals surface area contributed by atoms with Crippen LogP contribution in [-0.2, 0) is 11.3 Å². The predicted octanol–water partition coefficient (Wildman–Crippen LogP) is 3.46. The maximum atomic E-state index is 12.7. The van der Waals surface area contributed by atoms with Crippen molar-refractivity contribution in [1.82, 2.24) is 4.90 Å². The molecule has 0 radical (unpaired) electrons. The molecule has 1 heterocycles. The normalized spacial score (nSPS) is 13.9. The maximum absolute atomic E-state index is 12.7. The third kappa shape index (κ3) is 3.62. The van der Waals surface area contributed by atoms with E-state index in [4.69, 9.17) is 26.4 Å². The van der Waals surface area contributed by atoms with Gasteiger partial charge in [0.25, 0.3) is 5.91 Å². The molecule has 0 spiro atoms. The van der Waals surface area contributed by atoms with Gasteiger partial charge in [-0.2, -0.15) is 0 Å². The molecule has 0 aliphatic carbocycles. The van der Waals surface area contributed by atoms with Crippen molar-refractivity contribution in [3.8, 4) is 17.2 Å². The number of carbonyl (C=O) groups is 1. The Balaban J connectivity index is 1.88. The highest BCUT2D eigenvalue weighted by Crippen LogP contribution is 2.39. The van der Waals surface area contributed by atoms with E-state index >= 15 is 0 Å². The van der Waals surface area contributed by atoms with E-state index in [-0.39, 0.29) is 12.5 Å². The zero-order chi connectivity index (χ0) is 20.4. The summed E-state index contributed by atoms with van der Waals surface area (Å²) in [4.78, 5) is 16.2. The molecule has 0 atom stereocenters. The van der Waals surface area contributed by atoms with Crippen molar-refractivity contribution < 1.29 is 19.0 Å². The summed E-state index contributed by atoms with van der Waals surface area (Å²) in [6.45, 7) is 4.70. The summed E-state index contributed by atoms with van der Waals surface area (Å²) >= 11 is 5.63.